The Hall–Kier alpha value is -1.93. The molecule has 0 N–H and O–H groups in total. The first-order chi connectivity index (χ1) is 14.8. The second-order valence-corrected chi connectivity index (χ2v) is 11.1. The van der Waals surface area contributed by atoms with Crippen molar-refractivity contribution in [2.24, 2.45) is 5.92 Å². The molecule has 2 aromatic carbocycles. The lowest BCUT2D eigenvalue weighted by atomic mass is 9.96. The minimum Gasteiger partial charge on any atom is -0.312 e. The summed E-state index contributed by atoms with van der Waals surface area (Å²) in [7, 11) is -0.431. The SMILES string of the molecule is CN(C)S(=O)(=O)c1ccc2c(c1)CCN2C(=O)C1CCCN(Cc2ccc(Cl)cc2)C1. The first kappa shape index (κ1) is 22.3. The summed E-state index contributed by atoms with van der Waals surface area (Å²) in [5.74, 6) is 0.0972. The molecular formula is C23H28ClN3O3S. The molecule has 0 radical (unpaired) electrons. The molecule has 0 bridgehead atoms. The van der Waals surface area contributed by atoms with Gasteiger partial charge in [-0.1, -0.05) is 23.7 Å². The highest BCUT2D eigenvalue weighted by Crippen LogP contribution is 2.33. The summed E-state index contributed by atoms with van der Waals surface area (Å²) < 4.78 is 26.1. The first-order valence-electron chi connectivity index (χ1n) is 10.6. The van der Waals surface area contributed by atoms with Crippen molar-refractivity contribution in [3.8, 4) is 0 Å². The normalized spacial score (nSPS) is 19.6. The number of hydrogen-bond donors (Lipinski definition) is 0. The maximum atomic E-state index is 13.4. The van der Waals surface area contributed by atoms with Gasteiger partial charge in [-0.15, -0.1) is 0 Å². The highest BCUT2D eigenvalue weighted by molar-refractivity contribution is 7.89. The Balaban J connectivity index is 1.46. The van der Waals surface area contributed by atoms with Crippen LogP contribution >= 0.6 is 11.6 Å². The molecule has 2 heterocycles. The van der Waals surface area contributed by atoms with Gasteiger partial charge in [0, 0.05) is 44.4 Å². The Kier molecular flexibility index (Phi) is 6.40. The standard InChI is InChI=1S/C23H28ClN3O3S/c1-25(2)31(29,30)21-9-10-22-18(14-21)11-13-27(22)23(28)19-4-3-12-26(16-19)15-17-5-7-20(24)8-6-17/h5-10,14,19H,3-4,11-13,15-16H2,1-2H3. The van der Waals surface area contributed by atoms with E-state index in [2.05, 4.69) is 4.90 Å². The second kappa shape index (κ2) is 8.90. The summed E-state index contributed by atoms with van der Waals surface area (Å²) in [6.45, 7) is 3.13. The van der Waals surface area contributed by atoms with Crippen LogP contribution in [0.2, 0.25) is 5.02 Å². The topological polar surface area (TPSA) is 60.9 Å². The van der Waals surface area contributed by atoms with Crippen LogP contribution in [0.5, 0.6) is 0 Å². The lowest BCUT2D eigenvalue weighted by Gasteiger charge is -2.34. The number of likely N-dealkylation sites (tertiary alicyclic amines) is 1. The van der Waals surface area contributed by atoms with Crippen molar-refractivity contribution in [1.82, 2.24) is 9.21 Å². The summed E-state index contributed by atoms with van der Waals surface area (Å²) in [4.78, 5) is 17.8. The molecule has 0 aliphatic carbocycles. The largest absolute Gasteiger partial charge is 0.312 e. The Morgan fingerprint density at radius 1 is 1.13 bits per heavy atom. The average molecular weight is 462 g/mol. The van der Waals surface area contributed by atoms with Gasteiger partial charge in [-0.3, -0.25) is 9.69 Å². The van der Waals surface area contributed by atoms with Gasteiger partial charge in [-0.2, -0.15) is 0 Å². The number of hydrogen-bond acceptors (Lipinski definition) is 4. The molecular weight excluding hydrogens is 434 g/mol. The van der Waals surface area contributed by atoms with E-state index in [0.717, 1.165) is 48.7 Å². The van der Waals surface area contributed by atoms with Gasteiger partial charge in [-0.25, -0.2) is 12.7 Å². The van der Waals surface area contributed by atoms with Crippen LogP contribution in [-0.4, -0.2) is 57.3 Å². The summed E-state index contributed by atoms with van der Waals surface area (Å²) in [5.41, 5.74) is 2.96. The van der Waals surface area contributed by atoms with Gasteiger partial charge in [0.05, 0.1) is 10.8 Å². The Morgan fingerprint density at radius 3 is 2.58 bits per heavy atom. The van der Waals surface area contributed by atoms with Crippen LogP contribution in [0, 0.1) is 5.92 Å². The Bertz CT molecular complexity index is 1070. The van der Waals surface area contributed by atoms with E-state index >= 15 is 0 Å². The van der Waals surface area contributed by atoms with Crippen molar-refractivity contribution in [1.29, 1.82) is 0 Å². The van der Waals surface area contributed by atoms with Gasteiger partial charge in [-0.05, 0) is 67.3 Å². The van der Waals surface area contributed by atoms with Gasteiger partial charge in [0.1, 0.15) is 0 Å². The fraction of sp³-hybridized carbons (Fsp3) is 0.435. The van der Waals surface area contributed by atoms with Crippen molar-refractivity contribution in [2.75, 3.05) is 38.6 Å². The molecule has 1 fully saturated rings. The maximum absolute atomic E-state index is 13.4. The molecule has 0 saturated carbocycles. The van der Waals surface area contributed by atoms with E-state index in [0.29, 0.717) is 13.0 Å². The van der Waals surface area contributed by atoms with Gasteiger partial charge >= 0.3 is 0 Å². The smallest absolute Gasteiger partial charge is 0.242 e. The number of nitrogens with zero attached hydrogens (tertiary/aromatic N) is 3. The van der Waals surface area contributed by atoms with Gasteiger partial charge < -0.3 is 4.90 Å². The summed E-state index contributed by atoms with van der Waals surface area (Å²) in [6, 6.07) is 13.0. The minimum absolute atomic E-state index is 0.0443. The molecule has 2 aliphatic rings. The number of anilines is 1. The molecule has 166 valence electrons. The van der Waals surface area contributed by atoms with Crippen molar-refractivity contribution < 1.29 is 13.2 Å². The Labute approximate surface area is 189 Å². The number of halogens is 1. The number of fused-ring (bicyclic) bond motifs is 1. The first-order valence-corrected chi connectivity index (χ1v) is 12.4. The van der Waals surface area contributed by atoms with E-state index < -0.39 is 10.0 Å². The third kappa shape index (κ3) is 4.65. The highest BCUT2D eigenvalue weighted by atomic mass is 35.5. The quantitative estimate of drug-likeness (QED) is 0.684. The summed E-state index contributed by atoms with van der Waals surface area (Å²) in [5, 5.41) is 0.727. The zero-order chi connectivity index (χ0) is 22.2. The lowest BCUT2D eigenvalue weighted by Crippen LogP contribution is -2.44. The number of sulfonamides is 1. The molecule has 0 spiro atoms. The third-order valence-corrected chi connectivity index (χ3v) is 8.23. The minimum atomic E-state index is -3.48. The van der Waals surface area contributed by atoms with Crippen LogP contribution in [0.4, 0.5) is 5.69 Å². The summed E-state index contributed by atoms with van der Waals surface area (Å²) >= 11 is 5.98. The number of rotatable bonds is 5. The number of benzene rings is 2. The molecule has 1 unspecified atom stereocenters. The van der Waals surface area contributed by atoms with Crippen molar-refractivity contribution in [3.63, 3.8) is 0 Å². The van der Waals surface area contributed by atoms with Gasteiger partial charge in [0.25, 0.3) is 0 Å². The predicted molar refractivity (Wildman–Crippen MR) is 123 cm³/mol. The van der Waals surface area contributed by atoms with E-state index in [1.807, 2.05) is 29.2 Å². The molecule has 8 heteroatoms. The van der Waals surface area contributed by atoms with E-state index in [1.165, 1.54) is 24.0 Å². The number of amides is 1. The van der Waals surface area contributed by atoms with Crippen LogP contribution in [-0.2, 0) is 27.8 Å². The molecule has 4 rings (SSSR count). The maximum Gasteiger partial charge on any atom is 0.242 e. The van der Waals surface area contributed by atoms with Crippen molar-refractivity contribution in [3.05, 3.63) is 58.6 Å². The van der Waals surface area contributed by atoms with Gasteiger partial charge in [0.15, 0.2) is 0 Å². The van der Waals surface area contributed by atoms with E-state index in [9.17, 15) is 13.2 Å². The van der Waals surface area contributed by atoms with Gasteiger partial charge in [0.2, 0.25) is 15.9 Å². The predicted octanol–water partition coefficient (Wildman–Crippen LogP) is 3.39. The molecule has 2 aromatic rings. The zero-order valence-corrected chi connectivity index (χ0v) is 19.5. The molecule has 1 amide bonds. The molecule has 31 heavy (non-hydrogen) atoms. The summed E-state index contributed by atoms with van der Waals surface area (Å²) in [6.07, 6.45) is 2.55. The average Bonchev–Trinajstić information content (AvgIpc) is 3.18. The highest BCUT2D eigenvalue weighted by Gasteiger charge is 2.33. The van der Waals surface area contributed by atoms with Crippen LogP contribution in [0.1, 0.15) is 24.0 Å². The zero-order valence-electron chi connectivity index (χ0n) is 17.9. The number of carbonyl (C=O) groups excluding carboxylic acids is 1. The molecule has 2 aliphatic heterocycles. The third-order valence-electron chi connectivity index (χ3n) is 6.17. The van der Waals surface area contributed by atoms with Crippen LogP contribution in [0.25, 0.3) is 0 Å². The van der Waals surface area contributed by atoms with Crippen LogP contribution < -0.4 is 4.90 Å². The molecule has 1 saturated heterocycles. The lowest BCUT2D eigenvalue weighted by molar-refractivity contribution is -0.124. The van der Waals surface area contributed by atoms with E-state index in [1.54, 1.807) is 18.2 Å². The Morgan fingerprint density at radius 2 is 1.87 bits per heavy atom. The van der Waals surface area contributed by atoms with E-state index in [4.69, 9.17) is 11.6 Å². The molecule has 1 atom stereocenters. The number of piperidine rings is 1. The van der Waals surface area contributed by atoms with E-state index in [-0.39, 0.29) is 16.7 Å². The molecule has 0 aromatic heterocycles. The number of carbonyl (C=O) groups is 1. The fourth-order valence-corrected chi connectivity index (χ4v) is 5.53. The fourth-order valence-electron chi connectivity index (χ4n) is 4.45. The molecule has 6 nitrogen and oxygen atoms in total. The van der Waals surface area contributed by atoms with Crippen molar-refractivity contribution >= 4 is 33.2 Å². The van der Waals surface area contributed by atoms with Crippen LogP contribution in [0.15, 0.2) is 47.4 Å². The second-order valence-electron chi connectivity index (χ2n) is 8.52. The van der Waals surface area contributed by atoms with Crippen molar-refractivity contribution in [2.45, 2.75) is 30.7 Å². The van der Waals surface area contributed by atoms with Crippen LogP contribution in [0.3, 0.4) is 0 Å². The monoisotopic (exact) mass is 461 g/mol.